The summed E-state index contributed by atoms with van der Waals surface area (Å²) in [6, 6.07) is 9.41. The van der Waals surface area contributed by atoms with Gasteiger partial charge in [-0.3, -0.25) is 4.99 Å². The number of rotatable bonds is 0. The van der Waals surface area contributed by atoms with Gasteiger partial charge in [0.15, 0.2) is 0 Å². The number of para-hydroxylation sites is 2. The van der Waals surface area contributed by atoms with Gasteiger partial charge in [0, 0.05) is 6.21 Å². The Bertz CT molecular complexity index is 453. The van der Waals surface area contributed by atoms with Crippen LogP contribution in [0.4, 0.5) is 11.4 Å². The molecular formula is C10H8N4. The zero-order chi connectivity index (χ0) is 9.97. The van der Waals surface area contributed by atoms with E-state index in [2.05, 4.69) is 9.98 Å². The van der Waals surface area contributed by atoms with Gasteiger partial charge in [-0.2, -0.15) is 5.26 Å². The third kappa shape index (κ3) is 1.36. The van der Waals surface area contributed by atoms with Crippen molar-refractivity contribution in [2.45, 2.75) is 0 Å². The van der Waals surface area contributed by atoms with E-state index in [0.717, 1.165) is 5.69 Å². The van der Waals surface area contributed by atoms with Crippen molar-refractivity contribution in [1.29, 1.82) is 5.26 Å². The number of hydrogen-bond acceptors (Lipinski definition) is 4. The summed E-state index contributed by atoms with van der Waals surface area (Å²) in [7, 11) is 0. The van der Waals surface area contributed by atoms with Crippen LogP contribution in [0.1, 0.15) is 0 Å². The second kappa shape index (κ2) is 3.30. The van der Waals surface area contributed by atoms with Crippen molar-refractivity contribution in [3.8, 4) is 6.07 Å². The fourth-order valence-corrected chi connectivity index (χ4v) is 1.21. The summed E-state index contributed by atoms with van der Waals surface area (Å²) in [6.07, 6.45) is 1.52. The third-order valence-electron chi connectivity index (χ3n) is 1.95. The minimum atomic E-state index is -0.526. The second-order valence-electron chi connectivity index (χ2n) is 2.91. The Balaban J connectivity index is 2.55. The Hall–Kier alpha value is -2.15. The maximum absolute atomic E-state index is 8.76. The molecule has 1 atom stereocenters. The highest BCUT2D eigenvalue weighted by Crippen LogP contribution is 2.29. The minimum absolute atomic E-state index is 0.293. The van der Waals surface area contributed by atoms with Crippen molar-refractivity contribution in [3.05, 3.63) is 24.3 Å². The summed E-state index contributed by atoms with van der Waals surface area (Å²) in [5.74, 6) is -0.233. The molecule has 1 aliphatic heterocycles. The first kappa shape index (κ1) is 8.45. The Morgan fingerprint density at radius 3 is 2.71 bits per heavy atom. The Labute approximate surface area is 81.4 Å². The molecule has 1 aromatic rings. The van der Waals surface area contributed by atoms with Crippen molar-refractivity contribution >= 4 is 23.4 Å². The van der Waals surface area contributed by atoms with Gasteiger partial charge >= 0.3 is 0 Å². The molecule has 1 unspecified atom stereocenters. The molecule has 0 fully saturated rings. The number of nitrogens with zero attached hydrogens (tertiary/aromatic N) is 3. The number of benzene rings is 1. The zero-order valence-corrected chi connectivity index (χ0v) is 7.38. The monoisotopic (exact) mass is 184 g/mol. The van der Waals surface area contributed by atoms with E-state index >= 15 is 0 Å². The minimum Gasteiger partial charge on any atom is -0.386 e. The van der Waals surface area contributed by atoms with E-state index in [1.807, 2.05) is 30.3 Å². The summed E-state index contributed by atoms with van der Waals surface area (Å²) >= 11 is 0. The van der Waals surface area contributed by atoms with Gasteiger partial charge in [-0.15, -0.1) is 0 Å². The number of nitriles is 1. The lowest BCUT2D eigenvalue weighted by atomic mass is 10.2. The lowest BCUT2D eigenvalue weighted by Crippen LogP contribution is -2.22. The molecular weight excluding hydrogens is 176 g/mol. The van der Waals surface area contributed by atoms with Crippen LogP contribution in [0.5, 0.6) is 0 Å². The van der Waals surface area contributed by atoms with Gasteiger partial charge in [0.05, 0.1) is 17.4 Å². The molecule has 0 aromatic heterocycles. The predicted octanol–water partition coefficient (Wildman–Crippen LogP) is 1.53. The molecule has 2 N–H and O–H groups in total. The number of fused-ring (bicyclic) bond motifs is 1. The Kier molecular flexibility index (Phi) is 1.99. The topological polar surface area (TPSA) is 74.5 Å². The van der Waals surface area contributed by atoms with Crippen molar-refractivity contribution < 1.29 is 0 Å². The summed E-state index contributed by atoms with van der Waals surface area (Å²) in [6.45, 7) is 0. The van der Waals surface area contributed by atoms with Crippen LogP contribution in [0.3, 0.4) is 0 Å². The molecule has 0 radical (unpaired) electrons. The Morgan fingerprint density at radius 1 is 1.29 bits per heavy atom. The van der Waals surface area contributed by atoms with Crippen LogP contribution in [0.15, 0.2) is 34.3 Å². The molecule has 1 heterocycles. The van der Waals surface area contributed by atoms with Gasteiger partial charge in [-0.05, 0) is 12.1 Å². The molecule has 0 amide bonds. The average molecular weight is 184 g/mol. The molecule has 1 aromatic carbocycles. The molecule has 4 nitrogen and oxygen atoms in total. The summed E-state index contributed by atoms with van der Waals surface area (Å²) in [5, 5.41) is 8.76. The van der Waals surface area contributed by atoms with E-state index in [-0.39, 0.29) is 0 Å². The van der Waals surface area contributed by atoms with Crippen LogP contribution in [0.2, 0.25) is 0 Å². The highest BCUT2D eigenvalue weighted by Gasteiger charge is 2.13. The van der Waals surface area contributed by atoms with E-state index in [1.165, 1.54) is 6.21 Å². The first-order valence-corrected chi connectivity index (χ1v) is 4.18. The first-order valence-electron chi connectivity index (χ1n) is 4.18. The SMILES string of the molecule is N#CC1C=Nc2ccccc2N=C1N. The lowest BCUT2D eigenvalue weighted by Gasteiger charge is -1.98. The molecule has 0 spiro atoms. The van der Waals surface area contributed by atoms with Crippen molar-refractivity contribution in [1.82, 2.24) is 0 Å². The van der Waals surface area contributed by atoms with Crippen LogP contribution in [-0.2, 0) is 0 Å². The quantitative estimate of drug-likeness (QED) is 0.663. The summed E-state index contributed by atoms with van der Waals surface area (Å²) in [5.41, 5.74) is 7.09. The molecule has 4 heteroatoms. The number of aliphatic imine (C=N–C) groups is 2. The molecule has 0 aliphatic carbocycles. The predicted molar refractivity (Wildman–Crippen MR) is 55.0 cm³/mol. The molecule has 0 bridgehead atoms. The molecule has 0 saturated carbocycles. The van der Waals surface area contributed by atoms with E-state index in [4.69, 9.17) is 11.0 Å². The van der Waals surface area contributed by atoms with Gasteiger partial charge in [0.2, 0.25) is 0 Å². The average Bonchev–Trinajstić information content (AvgIpc) is 2.36. The van der Waals surface area contributed by atoms with Gasteiger partial charge in [0.25, 0.3) is 0 Å². The maximum Gasteiger partial charge on any atom is 0.139 e. The lowest BCUT2D eigenvalue weighted by molar-refractivity contribution is 1.21. The van der Waals surface area contributed by atoms with Gasteiger partial charge in [0.1, 0.15) is 11.8 Å². The summed E-state index contributed by atoms with van der Waals surface area (Å²) < 4.78 is 0. The van der Waals surface area contributed by atoms with E-state index in [1.54, 1.807) is 0 Å². The van der Waals surface area contributed by atoms with Crippen LogP contribution in [0, 0.1) is 17.2 Å². The fraction of sp³-hybridized carbons (Fsp3) is 0.100. The maximum atomic E-state index is 8.76. The van der Waals surface area contributed by atoms with Crippen LogP contribution < -0.4 is 5.73 Å². The van der Waals surface area contributed by atoms with Crippen LogP contribution in [0.25, 0.3) is 0 Å². The molecule has 0 saturated heterocycles. The standard InChI is InChI=1S/C10H8N4/c11-5-7-6-13-8-3-1-2-4-9(8)14-10(7)12/h1-4,6-7H,(H2,12,14). The van der Waals surface area contributed by atoms with Crippen LogP contribution >= 0.6 is 0 Å². The highest BCUT2D eigenvalue weighted by atomic mass is 14.9. The number of amidine groups is 1. The van der Waals surface area contributed by atoms with Crippen molar-refractivity contribution in [2.24, 2.45) is 21.6 Å². The first-order chi connectivity index (χ1) is 6.81. The largest absolute Gasteiger partial charge is 0.386 e. The second-order valence-corrected chi connectivity index (χ2v) is 2.91. The van der Waals surface area contributed by atoms with Crippen LogP contribution in [-0.4, -0.2) is 12.1 Å². The van der Waals surface area contributed by atoms with Gasteiger partial charge in [-0.1, -0.05) is 12.1 Å². The highest BCUT2D eigenvalue weighted by molar-refractivity contribution is 6.02. The molecule has 68 valence electrons. The van der Waals surface area contributed by atoms with E-state index in [0.29, 0.717) is 11.5 Å². The zero-order valence-electron chi connectivity index (χ0n) is 7.38. The van der Waals surface area contributed by atoms with Gasteiger partial charge in [-0.25, -0.2) is 4.99 Å². The van der Waals surface area contributed by atoms with Crippen molar-refractivity contribution in [3.63, 3.8) is 0 Å². The normalized spacial score (nSPS) is 19.1. The molecule has 2 rings (SSSR count). The van der Waals surface area contributed by atoms with Crippen molar-refractivity contribution in [2.75, 3.05) is 0 Å². The fourth-order valence-electron chi connectivity index (χ4n) is 1.21. The molecule has 1 aliphatic rings. The third-order valence-corrected chi connectivity index (χ3v) is 1.95. The van der Waals surface area contributed by atoms with Gasteiger partial charge < -0.3 is 5.73 Å². The Morgan fingerprint density at radius 2 is 2.00 bits per heavy atom. The summed E-state index contributed by atoms with van der Waals surface area (Å²) in [4.78, 5) is 8.29. The smallest absolute Gasteiger partial charge is 0.139 e. The number of nitrogens with two attached hydrogens (primary N) is 1. The van der Waals surface area contributed by atoms with E-state index in [9.17, 15) is 0 Å². The molecule has 14 heavy (non-hydrogen) atoms. The van der Waals surface area contributed by atoms with E-state index < -0.39 is 5.92 Å². The number of hydrogen-bond donors (Lipinski definition) is 1.